The molecule has 0 unspecified atom stereocenters. The second-order valence-corrected chi connectivity index (χ2v) is 7.86. The molecule has 0 aliphatic carbocycles. The lowest BCUT2D eigenvalue weighted by molar-refractivity contribution is 0.223. The minimum Gasteiger partial charge on any atom is -0.493 e. The third-order valence-corrected chi connectivity index (χ3v) is 5.31. The Labute approximate surface area is 136 Å². The Balaban J connectivity index is 1.63. The molecule has 1 N–H and O–H groups in total. The van der Waals surface area contributed by atoms with Crippen LogP contribution in [-0.4, -0.2) is 31.3 Å². The van der Waals surface area contributed by atoms with Crippen LogP contribution >= 0.6 is 0 Å². The maximum absolute atomic E-state index is 12.4. The van der Waals surface area contributed by atoms with Crippen LogP contribution in [0.25, 0.3) is 0 Å². The van der Waals surface area contributed by atoms with E-state index in [4.69, 9.17) is 4.74 Å². The molecule has 1 aliphatic heterocycles. The van der Waals surface area contributed by atoms with Gasteiger partial charge in [-0.05, 0) is 31.9 Å². The fraction of sp³-hybridized carbons (Fsp3) is 0.438. The minimum atomic E-state index is -3.54. The van der Waals surface area contributed by atoms with Gasteiger partial charge in [-0.15, -0.1) is 0 Å². The Hall–Kier alpha value is -1.86. The molecule has 0 fully saturated rings. The van der Waals surface area contributed by atoms with Crippen LogP contribution in [0.3, 0.4) is 0 Å². The quantitative estimate of drug-likeness (QED) is 0.907. The van der Waals surface area contributed by atoms with Gasteiger partial charge >= 0.3 is 0 Å². The van der Waals surface area contributed by atoms with E-state index in [0.717, 1.165) is 17.7 Å². The Morgan fingerprint density at radius 2 is 2.17 bits per heavy atom. The number of nitrogens with one attached hydrogen (secondary N) is 1. The molecule has 0 saturated carbocycles. The molecule has 0 bridgehead atoms. The SMILES string of the molecule is CC(C)n1cc(S(=O)(=O)NC[C@H]2COc3ccccc3C2)cn1. The molecular formula is C16H21N3O3S. The highest BCUT2D eigenvalue weighted by Gasteiger charge is 2.23. The number of benzene rings is 1. The largest absolute Gasteiger partial charge is 0.493 e. The van der Waals surface area contributed by atoms with Crippen molar-refractivity contribution >= 4 is 10.0 Å². The number of fused-ring (bicyclic) bond motifs is 1. The van der Waals surface area contributed by atoms with Crippen LogP contribution in [0.2, 0.25) is 0 Å². The Kier molecular flexibility index (Phi) is 4.41. The summed E-state index contributed by atoms with van der Waals surface area (Å²) in [5.41, 5.74) is 1.12. The van der Waals surface area contributed by atoms with E-state index in [9.17, 15) is 8.42 Å². The number of ether oxygens (including phenoxy) is 1. The number of aromatic nitrogens is 2. The van der Waals surface area contributed by atoms with E-state index in [1.165, 1.54) is 6.20 Å². The molecule has 0 saturated heterocycles. The zero-order valence-corrected chi connectivity index (χ0v) is 14.1. The number of hydrogen-bond acceptors (Lipinski definition) is 4. The van der Waals surface area contributed by atoms with Gasteiger partial charge in [-0.1, -0.05) is 18.2 Å². The topological polar surface area (TPSA) is 73.2 Å². The molecule has 6 nitrogen and oxygen atoms in total. The molecular weight excluding hydrogens is 314 g/mol. The fourth-order valence-electron chi connectivity index (χ4n) is 2.57. The van der Waals surface area contributed by atoms with Gasteiger partial charge in [-0.2, -0.15) is 5.10 Å². The summed E-state index contributed by atoms with van der Waals surface area (Å²) in [6, 6.07) is 7.99. The van der Waals surface area contributed by atoms with E-state index >= 15 is 0 Å². The van der Waals surface area contributed by atoms with Crippen molar-refractivity contribution < 1.29 is 13.2 Å². The summed E-state index contributed by atoms with van der Waals surface area (Å²) in [5.74, 6) is 1.02. The van der Waals surface area contributed by atoms with Gasteiger partial charge in [0.1, 0.15) is 10.6 Å². The second kappa shape index (κ2) is 6.33. The molecule has 2 aromatic rings. The molecule has 0 spiro atoms. The smallest absolute Gasteiger partial charge is 0.243 e. The van der Waals surface area contributed by atoms with Crippen molar-refractivity contribution in [2.75, 3.05) is 13.2 Å². The lowest BCUT2D eigenvalue weighted by Crippen LogP contribution is -2.34. The van der Waals surface area contributed by atoms with E-state index in [2.05, 4.69) is 9.82 Å². The Morgan fingerprint density at radius 1 is 1.39 bits per heavy atom. The molecule has 1 aromatic heterocycles. The van der Waals surface area contributed by atoms with E-state index < -0.39 is 10.0 Å². The Morgan fingerprint density at radius 3 is 2.91 bits per heavy atom. The fourth-order valence-corrected chi connectivity index (χ4v) is 3.63. The van der Waals surface area contributed by atoms with Crippen LogP contribution in [0.4, 0.5) is 0 Å². The lowest BCUT2D eigenvalue weighted by atomic mass is 9.97. The highest BCUT2D eigenvalue weighted by Crippen LogP contribution is 2.26. The third-order valence-electron chi connectivity index (χ3n) is 3.93. The first-order valence-electron chi connectivity index (χ1n) is 7.70. The van der Waals surface area contributed by atoms with Crippen molar-refractivity contribution in [2.45, 2.75) is 31.2 Å². The van der Waals surface area contributed by atoms with Gasteiger partial charge in [0.05, 0.1) is 12.8 Å². The van der Waals surface area contributed by atoms with Crippen LogP contribution in [0.15, 0.2) is 41.6 Å². The standard InChI is InChI=1S/C16H21N3O3S/c1-12(2)19-10-15(9-17-19)23(20,21)18-8-13-7-14-5-3-4-6-16(14)22-11-13/h3-6,9-10,12-13,18H,7-8,11H2,1-2H3/t13-/m0/s1. The number of sulfonamides is 1. The zero-order valence-electron chi connectivity index (χ0n) is 13.3. The van der Waals surface area contributed by atoms with Gasteiger partial charge < -0.3 is 4.74 Å². The molecule has 23 heavy (non-hydrogen) atoms. The molecule has 1 aliphatic rings. The van der Waals surface area contributed by atoms with Crippen LogP contribution < -0.4 is 9.46 Å². The number of hydrogen-bond donors (Lipinski definition) is 1. The van der Waals surface area contributed by atoms with Crippen LogP contribution in [-0.2, 0) is 16.4 Å². The van der Waals surface area contributed by atoms with E-state index in [1.54, 1.807) is 10.9 Å². The first-order chi connectivity index (χ1) is 11.0. The molecule has 0 radical (unpaired) electrons. The highest BCUT2D eigenvalue weighted by atomic mass is 32.2. The first-order valence-corrected chi connectivity index (χ1v) is 9.18. The summed E-state index contributed by atoms with van der Waals surface area (Å²) < 4.78 is 34.7. The van der Waals surface area contributed by atoms with Crippen molar-refractivity contribution in [3.8, 4) is 5.75 Å². The van der Waals surface area contributed by atoms with Crippen molar-refractivity contribution in [3.05, 3.63) is 42.2 Å². The van der Waals surface area contributed by atoms with Crippen molar-refractivity contribution in [1.29, 1.82) is 0 Å². The maximum atomic E-state index is 12.4. The van der Waals surface area contributed by atoms with Gasteiger partial charge in [0.25, 0.3) is 0 Å². The molecule has 3 rings (SSSR count). The summed E-state index contributed by atoms with van der Waals surface area (Å²) in [7, 11) is -3.54. The summed E-state index contributed by atoms with van der Waals surface area (Å²) >= 11 is 0. The Bertz CT molecular complexity index is 783. The lowest BCUT2D eigenvalue weighted by Gasteiger charge is -2.25. The molecule has 7 heteroatoms. The highest BCUT2D eigenvalue weighted by molar-refractivity contribution is 7.89. The van der Waals surface area contributed by atoms with Crippen molar-refractivity contribution in [1.82, 2.24) is 14.5 Å². The average Bonchev–Trinajstić information content (AvgIpc) is 3.04. The third kappa shape index (κ3) is 3.56. The van der Waals surface area contributed by atoms with E-state index in [1.807, 2.05) is 38.1 Å². The number of nitrogens with zero attached hydrogens (tertiary/aromatic N) is 2. The van der Waals surface area contributed by atoms with Crippen LogP contribution in [0.5, 0.6) is 5.75 Å². The van der Waals surface area contributed by atoms with Crippen molar-refractivity contribution in [3.63, 3.8) is 0 Å². The summed E-state index contributed by atoms with van der Waals surface area (Å²) in [6.07, 6.45) is 3.75. The summed E-state index contributed by atoms with van der Waals surface area (Å²) in [5, 5.41) is 4.08. The first kappa shape index (κ1) is 16.0. The molecule has 2 heterocycles. The van der Waals surface area contributed by atoms with Gasteiger partial charge in [0, 0.05) is 24.7 Å². The normalized spacial score (nSPS) is 17.8. The molecule has 124 valence electrons. The molecule has 0 amide bonds. The molecule has 1 aromatic carbocycles. The van der Waals surface area contributed by atoms with E-state index in [-0.39, 0.29) is 16.9 Å². The zero-order chi connectivity index (χ0) is 16.4. The van der Waals surface area contributed by atoms with Gasteiger partial charge in [0.15, 0.2) is 0 Å². The van der Waals surface area contributed by atoms with Gasteiger partial charge in [0.2, 0.25) is 10.0 Å². The number of para-hydroxylation sites is 1. The summed E-state index contributed by atoms with van der Waals surface area (Å²) in [4.78, 5) is 0.198. The maximum Gasteiger partial charge on any atom is 0.243 e. The average molecular weight is 335 g/mol. The summed E-state index contributed by atoms with van der Waals surface area (Å²) in [6.45, 7) is 4.77. The number of rotatable bonds is 5. The van der Waals surface area contributed by atoms with Crippen molar-refractivity contribution in [2.24, 2.45) is 5.92 Å². The van der Waals surface area contributed by atoms with Crippen LogP contribution in [0, 0.1) is 5.92 Å². The predicted octanol–water partition coefficient (Wildman–Crippen LogP) is 1.99. The van der Waals surface area contributed by atoms with Crippen LogP contribution in [0.1, 0.15) is 25.5 Å². The molecule has 1 atom stereocenters. The van der Waals surface area contributed by atoms with E-state index in [0.29, 0.717) is 13.2 Å². The monoisotopic (exact) mass is 335 g/mol. The second-order valence-electron chi connectivity index (χ2n) is 6.09. The predicted molar refractivity (Wildman–Crippen MR) is 86.9 cm³/mol. The minimum absolute atomic E-state index is 0.125. The van der Waals surface area contributed by atoms with Gasteiger partial charge in [-0.3, -0.25) is 4.68 Å². The van der Waals surface area contributed by atoms with Gasteiger partial charge in [-0.25, -0.2) is 13.1 Å².